The van der Waals surface area contributed by atoms with Gasteiger partial charge >= 0.3 is 0 Å². The molecule has 3 nitrogen and oxygen atoms in total. The van der Waals surface area contributed by atoms with E-state index < -0.39 is 0 Å². The topological polar surface area (TPSA) is 48.8 Å². The molecule has 0 aliphatic heterocycles. The summed E-state index contributed by atoms with van der Waals surface area (Å²) in [5.74, 6) is 0. The van der Waals surface area contributed by atoms with Crippen molar-refractivity contribution < 1.29 is 0 Å². The minimum atomic E-state index is 0.406. The van der Waals surface area contributed by atoms with Crippen LogP contribution >= 0.6 is 11.6 Å². The Bertz CT molecular complexity index is 626. The van der Waals surface area contributed by atoms with Crippen LogP contribution in [0.25, 0.3) is 27.3 Å². The molecular formula is C14H10ClN3. The molecule has 0 radical (unpaired) electrons. The lowest BCUT2D eigenvalue weighted by Gasteiger charge is -2.09. The van der Waals surface area contributed by atoms with Gasteiger partial charge in [0.15, 0.2) is 0 Å². The van der Waals surface area contributed by atoms with Crippen LogP contribution in [0.5, 0.6) is 0 Å². The quantitative estimate of drug-likeness (QED) is 0.407. The number of halogens is 1. The molecule has 4 heteroatoms. The normalized spacial score (nSPS) is 9.61. The molecular weight excluding hydrogens is 246 g/mol. The second kappa shape index (κ2) is 5.41. The summed E-state index contributed by atoms with van der Waals surface area (Å²) < 4.78 is 0. The zero-order valence-electron chi connectivity index (χ0n) is 9.55. The average molecular weight is 256 g/mol. The molecule has 0 amide bonds. The Labute approximate surface area is 110 Å². The van der Waals surface area contributed by atoms with Gasteiger partial charge in [0.25, 0.3) is 0 Å². The first-order valence-corrected chi connectivity index (χ1v) is 5.69. The zero-order valence-corrected chi connectivity index (χ0v) is 10.3. The monoisotopic (exact) mass is 255 g/mol. The zero-order chi connectivity index (χ0) is 13.0. The minimum absolute atomic E-state index is 0.406. The summed E-state index contributed by atoms with van der Waals surface area (Å²) in [7, 11) is 0. The summed E-state index contributed by atoms with van der Waals surface area (Å²) in [6.07, 6.45) is 0. The number of azide groups is 1. The van der Waals surface area contributed by atoms with E-state index in [1.54, 1.807) is 0 Å². The molecule has 2 rings (SSSR count). The number of benzene rings is 2. The van der Waals surface area contributed by atoms with E-state index in [1.807, 2.05) is 48.5 Å². The SMILES string of the molecule is C=C(N=[N+]=[N-])c1ccccc1-c1ccc(Cl)cc1. The summed E-state index contributed by atoms with van der Waals surface area (Å²) in [6.45, 7) is 3.77. The fourth-order valence-electron chi connectivity index (χ4n) is 1.72. The molecule has 0 fully saturated rings. The summed E-state index contributed by atoms with van der Waals surface area (Å²) in [6, 6.07) is 15.1. The maximum Gasteiger partial charge on any atom is 0.0406 e. The van der Waals surface area contributed by atoms with Crippen LogP contribution in [0.15, 0.2) is 60.2 Å². The van der Waals surface area contributed by atoms with E-state index >= 15 is 0 Å². The fraction of sp³-hybridized carbons (Fsp3) is 0. The smallest absolute Gasteiger partial charge is 0.0406 e. The van der Waals surface area contributed by atoms with Gasteiger partial charge in [-0.25, -0.2) is 0 Å². The summed E-state index contributed by atoms with van der Waals surface area (Å²) in [5.41, 5.74) is 11.7. The Morgan fingerprint density at radius 3 is 2.44 bits per heavy atom. The molecule has 2 aromatic rings. The molecule has 0 aliphatic rings. The lowest BCUT2D eigenvalue weighted by atomic mass is 9.98. The summed E-state index contributed by atoms with van der Waals surface area (Å²) in [4.78, 5) is 2.77. The summed E-state index contributed by atoms with van der Waals surface area (Å²) >= 11 is 5.87. The number of nitrogens with zero attached hydrogens (tertiary/aromatic N) is 3. The maximum absolute atomic E-state index is 8.48. The van der Waals surface area contributed by atoms with E-state index in [1.165, 1.54) is 0 Å². The molecule has 0 spiro atoms. The molecule has 0 saturated heterocycles. The molecule has 18 heavy (non-hydrogen) atoms. The minimum Gasteiger partial charge on any atom is -0.0889 e. The molecule has 0 N–H and O–H groups in total. The van der Waals surface area contributed by atoms with Gasteiger partial charge in [-0.3, -0.25) is 0 Å². The average Bonchev–Trinajstić information content (AvgIpc) is 2.40. The highest BCUT2D eigenvalue weighted by Gasteiger charge is 2.06. The van der Waals surface area contributed by atoms with Crippen molar-refractivity contribution in [2.45, 2.75) is 0 Å². The van der Waals surface area contributed by atoms with Crippen LogP contribution in [0.3, 0.4) is 0 Å². The molecule has 0 aliphatic carbocycles. The number of hydrogen-bond acceptors (Lipinski definition) is 1. The lowest BCUT2D eigenvalue weighted by molar-refractivity contribution is 1.47. The van der Waals surface area contributed by atoms with Gasteiger partial charge in [0.2, 0.25) is 0 Å². The highest BCUT2D eigenvalue weighted by Crippen LogP contribution is 2.29. The predicted octanol–water partition coefficient (Wildman–Crippen LogP) is 5.29. The Balaban J connectivity index is 2.54. The standard InChI is InChI=1S/C14H10ClN3/c1-10(17-18-16)13-4-2-3-5-14(13)11-6-8-12(15)9-7-11/h2-9H,1H2. The second-order valence-electron chi connectivity index (χ2n) is 3.69. The molecule has 0 heterocycles. The first kappa shape index (κ1) is 12.2. The molecule has 0 bridgehead atoms. The van der Waals surface area contributed by atoms with Gasteiger partial charge < -0.3 is 0 Å². The van der Waals surface area contributed by atoms with Crippen LogP contribution < -0.4 is 0 Å². The molecule has 0 atom stereocenters. The van der Waals surface area contributed by atoms with E-state index in [2.05, 4.69) is 16.6 Å². The van der Waals surface area contributed by atoms with Crippen molar-refractivity contribution in [3.05, 3.63) is 76.1 Å². The van der Waals surface area contributed by atoms with Crippen molar-refractivity contribution in [3.63, 3.8) is 0 Å². The Morgan fingerprint density at radius 2 is 1.78 bits per heavy atom. The first-order valence-electron chi connectivity index (χ1n) is 5.31. The van der Waals surface area contributed by atoms with Crippen LogP contribution in [-0.4, -0.2) is 0 Å². The van der Waals surface area contributed by atoms with Crippen LogP contribution in [0.4, 0.5) is 0 Å². The second-order valence-corrected chi connectivity index (χ2v) is 4.13. The Morgan fingerprint density at radius 1 is 1.11 bits per heavy atom. The van der Waals surface area contributed by atoms with Crippen molar-refractivity contribution in [1.82, 2.24) is 0 Å². The van der Waals surface area contributed by atoms with Crippen LogP contribution in [0.1, 0.15) is 5.56 Å². The van der Waals surface area contributed by atoms with Gasteiger partial charge in [-0.1, -0.05) is 59.7 Å². The van der Waals surface area contributed by atoms with Crippen LogP contribution in [0, 0.1) is 0 Å². The van der Waals surface area contributed by atoms with Crippen LogP contribution in [0.2, 0.25) is 5.02 Å². The molecule has 88 valence electrons. The van der Waals surface area contributed by atoms with E-state index in [-0.39, 0.29) is 0 Å². The van der Waals surface area contributed by atoms with E-state index in [0.717, 1.165) is 16.7 Å². The Hall–Kier alpha value is -2.22. The highest BCUT2D eigenvalue weighted by atomic mass is 35.5. The lowest BCUT2D eigenvalue weighted by Crippen LogP contribution is -1.86. The summed E-state index contributed by atoms with van der Waals surface area (Å²) in [5, 5.41) is 4.24. The first-order chi connectivity index (χ1) is 8.72. The van der Waals surface area contributed by atoms with Crippen molar-refractivity contribution in [1.29, 1.82) is 0 Å². The van der Waals surface area contributed by atoms with Gasteiger partial charge in [0.05, 0.1) is 0 Å². The van der Waals surface area contributed by atoms with Gasteiger partial charge in [-0.2, -0.15) is 0 Å². The third kappa shape index (κ3) is 2.54. The Kier molecular flexibility index (Phi) is 3.68. The van der Waals surface area contributed by atoms with Crippen molar-refractivity contribution >= 4 is 17.3 Å². The fourth-order valence-corrected chi connectivity index (χ4v) is 1.85. The van der Waals surface area contributed by atoms with Crippen LogP contribution in [-0.2, 0) is 0 Å². The maximum atomic E-state index is 8.48. The largest absolute Gasteiger partial charge is 0.0889 e. The predicted molar refractivity (Wildman–Crippen MR) is 75.1 cm³/mol. The molecule has 0 unspecified atom stereocenters. The van der Waals surface area contributed by atoms with Crippen molar-refractivity contribution in [3.8, 4) is 11.1 Å². The van der Waals surface area contributed by atoms with Gasteiger partial charge in [-0.15, -0.1) is 0 Å². The molecule has 0 aromatic heterocycles. The van der Waals surface area contributed by atoms with E-state index in [0.29, 0.717) is 10.7 Å². The van der Waals surface area contributed by atoms with Gasteiger partial charge in [0.1, 0.15) is 0 Å². The van der Waals surface area contributed by atoms with Crippen molar-refractivity contribution in [2.24, 2.45) is 5.11 Å². The third-order valence-corrected chi connectivity index (χ3v) is 2.81. The van der Waals surface area contributed by atoms with Gasteiger partial charge in [-0.05, 0) is 34.4 Å². The third-order valence-electron chi connectivity index (χ3n) is 2.56. The van der Waals surface area contributed by atoms with E-state index in [9.17, 15) is 0 Å². The van der Waals surface area contributed by atoms with Crippen molar-refractivity contribution in [2.75, 3.05) is 0 Å². The number of rotatable bonds is 3. The molecule has 2 aromatic carbocycles. The molecule has 0 saturated carbocycles. The van der Waals surface area contributed by atoms with E-state index in [4.69, 9.17) is 17.1 Å². The van der Waals surface area contributed by atoms with Gasteiger partial charge in [0, 0.05) is 15.6 Å². The highest BCUT2D eigenvalue weighted by molar-refractivity contribution is 6.30. The number of hydrogen-bond donors (Lipinski definition) is 0.